The second-order valence-corrected chi connectivity index (χ2v) is 5.61. The van der Waals surface area contributed by atoms with E-state index in [9.17, 15) is 18.0 Å². The van der Waals surface area contributed by atoms with E-state index >= 15 is 0 Å². The fourth-order valence-electron chi connectivity index (χ4n) is 2.96. The number of alkyl halides is 3. The second-order valence-electron chi connectivity index (χ2n) is 5.61. The number of fused-ring (bicyclic) bond motifs is 2. The lowest BCUT2D eigenvalue weighted by Crippen LogP contribution is -2.36. The molecule has 3 rings (SSSR count). The van der Waals surface area contributed by atoms with Gasteiger partial charge in [0, 0.05) is 11.4 Å². The van der Waals surface area contributed by atoms with Crippen LogP contribution in [0.15, 0.2) is 42.5 Å². The number of carbonyl (C=O) groups is 1. The summed E-state index contributed by atoms with van der Waals surface area (Å²) in [6.45, 7) is 3.21. The molecular formula is C17H14F3NO. The number of ketones is 1. The summed E-state index contributed by atoms with van der Waals surface area (Å²) in [4.78, 5) is 12.3. The maximum Gasteiger partial charge on any atom is 0.416 e. The first-order valence-corrected chi connectivity index (χ1v) is 6.84. The molecule has 1 aliphatic rings. The van der Waals surface area contributed by atoms with Crippen molar-refractivity contribution in [3.8, 4) is 0 Å². The first-order chi connectivity index (χ1) is 10.2. The lowest BCUT2D eigenvalue weighted by molar-refractivity contribution is -0.137. The van der Waals surface area contributed by atoms with Crippen molar-refractivity contribution < 1.29 is 18.0 Å². The lowest BCUT2D eigenvalue weighted by Gasteiger charge is -2.36. The van der Waals surface area contributed by atoms with Gasteiger partial charge in [0.05, 0.1) is 11.0 Å². The summed E-state index contributed by atoms with van der Waals surface area (Å²) in [5.74, 6) is -0.109. The third-order valence-electron chi connectivity index (χ3n) is 4.32. The zero-order valence-electron chi connectivity index (χ0n) is 12.1. The molecule has 114 valence electrons. The minimum Gasteiger partial charge on any atom is -0.355 e. The van der Waals surface area contributed by atoms with Crippen molar-refractivity contribution in [3.63, 3.8) is 0 Å². The van der Waals surface area contributed by atoms with Crippen LogP contribution < -0.4 is 5.32 Å². The van der Waals surface area contributed by atoms with E-state index < -0.39 is 17.2 Å². The maximum absolute atomic E-state index is 12.9. The Labute approximate surface area is 126 Å². The molecule has 0 spiro atoms. The molecule has 1 unspecified atom stereocenters. The Kier molecular flexibility index (Phi) is 3.06. The van der Waals surface area contributed by atoms with E-state index in [1.54, 1.807) is 19.1 Å². The Morgan fingerprint density at radius 2 is 1.68 bits per heavy atom. The van der Waals surface area contributed by atoms with E-state index in [1.807, 2.05) is 12.1 Å². The largest absolute Gasteiger partial charge is 0.416 e. The summed E-state index contributed by atoms with van der Waals surface area (Å²) in [7, 11) is 0. The SMILES string of the molecule is CC(=O)C1(C)c2ccccc2Nc2cc(C(F)(F)F)ccc21. The normalized spacial score (nSPS) is 19.9. The van der Waals surface area contributed by atoms with Gasteiger partial charge in [-0.25, -0.2) is 0 Å². The number of benzene rings is 2. The van der Waals surface area contributed by atoms with E-state index in [4.69, 9.17) is 0 Å². The van der Waals surface area contributed by atoms with Gasteiger partial charge in [0.25, 0.3) is 0 Å². The maximum atomic E-state index is 12.9. The van der Waals surface area contributed by atoms with Crippen molar-refractivity contribution in [2.75, 3.05) is 5.32 Å². The van der Waals surface area contributed by atoms with Crippen molar-refractivity contribution in [2.24, 2.45) is 0 Å². The Morgan fingerprint density at radius 3 is 2.32 bits per heavy atom. The number of hydrogen-bond donors (Lipinski definition) is 1. The molecule has 0 aromatic heterocycles. The monoisotopic (exact) mass is 305 g/mol. The highest BCUT2D eigenvalue weighted by molar-refractivity contribution is 5.97. The summed E-state index contributed by atoms with van der Waals surface area (Å²) in [6.07, 6.45) is -4.42. The zero-order chi connectivity index (χ0) is 16.1. The van der Waals surface area contributed by atoms with E-state index in [1.165, 1.54) is 13.0 Å². The number of para-hydroxylation sites is 1. The van der Waals surface area contributed by atoms with Crippen molar-refractivity contribution in [3.05, 3.63) is 59.2 Å². The molecule has 2 aromatic rings. The molecule has 2 aromatic carbocycles. The zero-order valence-corrected chi connectivity index (χ0v) is 12.1. The molecule has 0 saturated heterocycles. The van der Waals surface area contributed by atoms with Crippen LogP contribution in [-0.4, -0.2) is 5.78 Å². The summed E-state index contributed by atoms with van der Waals surface area (Å²) in [5, 5.41) is 3.01. The summed E-state index contributed by atoms with van der Waals surface area (Å²) in [5.41, 5.74) is 0.630. The molecule has 22 heavy (non-hydrogen) atoms. The van der Waals surface area contributed by atoms with Crippen molar-refractivity contribution in [1.29, 1.82) is 0 Å². The fourth-order valence-corrected chi connectivity index (χ4v) is 2.96. The number of carbonyl (C=O) groups excluding carboxylic acids is 1. The molecule has 5 heteroatoms. The summed E-state index contributed by atoms with van der Waals surface area (Å²) >= 11 is 0. The highest BCUT2D eigenvalue weighted by Crippen LogP contribution is 2.47. The van der Waals surface area contributed by atoms with E-state index in [0.717, 1.165) is 17.7 Å². The predicted octanol–water partition coefficient (Wildman–Crippen LogP) is 4.66. The third kappa shape index (κ3) is 2.00. The second kappa shape index (κ2) is 4.60. The highest BCUT2D eigenvalue weighted by atomic mass is 19.4. The van der Waals surface area contributed by atoms with Gasteiger partial charge in [-0.3, -0.25) is 4.79 Å². The molecule has 1 heterocycles. The number of hydrogen-bond acceptors (Lipinski definition) is 2. The minimum atomic E-state index is -4.42. The molecular weight excluding hydrogens is 291 g/mol. The van der Waals surface area contributed by atoms with Gasteiger partial charge in [0.1, 0.15) is 5.78 Å². The van der Waals surface area contributed by atoms with Gasteiger partial charge in [-0.2, -0.15) is 13.2 Å². The third-order valence-corrected chi connectivity index (χ3v) is 4.32. The van der Waals surface area contributed by atoms with Gasteiger partial charge < -0.3 is 5.32 Å². The van der Waals surface area contributed by atoms with Crippen LogP contribution in [0.1, 0.15) is 30.5 Å². The number of halogens is 3. The van der Waals surface area contributed by atoms with Crippen LogP contribution in [0.25, 0.3) is 0 Å². The summed E-state index contributed by atoms with van der Waals surface area (Å²) < 4.78 is 38.7. The molecule has 0 saturated carbocycles. The molecule has 1 atom stereocenters. The van der Waals surface area contributed by atoms with Gasteiger partial charge in [-0.1, -0.05) is 24.3 Å². The van der Waals surface area contributed by atoms with Crippen molar-refractivity contribution >= 4 is 17.2 Å². The average Bonchev–Trinajstić information content (AvgIpc) is 2.46. The Balaban J connectivity index is 2.26. The average molecular weight is 305 g/mol. The standard InChI is InChI=1S/C17H14F3NO/c1-10(22)16(2)12-5-3-4-6-14(12)21-15-9-11(17(18,19)20)7-8-13(15)16/h3-9,21H,1-2H3. The van der Waals surface area contributed by atoms with Gasteiger partial charge in [0.2, 0.25) is 0 Å². The molecule has 0 bridgehead atoms. The number of anilines is 2. The van der Waals surface area contributed by atoms with Gasteiger partial charge >= 0.3 is 6.18 Å². The first-order valence-electron chi connectivity index (χ1n) is 6.84. The van der Waals surface area contributed by atoms with Crippen molar-refractivity contribution in [1.82, 2.24) is 0 Å². The first kappa shape index (κ1) is 14.6. The Morgan fingerprint density at radius 1 is 1.05 bits per heavy atom. The molecule has 2 nitrogen and oxygen atoms in total. The van der Waals surface area contributed by atoms with Crippen LogP contribution in [0.5, 0.6) is 0 Å². The van der Waals surface area contributed by atoms with Crippen LogP contribution in [0.3, 0.4) is 0 Å². The van der Waals surface area contributed by atoms with Crippen molar-refractivity contribution in [2.45, 2.75) is 25.4 Å². The Hall–Kier alpha value is -2.30. The molecule has 0 amide bonds. The molecule has 1 N–H and O–H groups in total. The predicted molar refractivity (Wildman–Crippen MR) is 78.3 cm³/mol. The van der Waals surface area contributed by atoms with Crippen LogP contribution >= 0.6 is 0 Å². The van der Waals surface area contributed by atoms with Crippen LogP contribution in [0.2, 0.25) is 0 Å². The van der Waals surface area contributed by atoms with E-state index in [2.05, 4.69) is 5.32 Å². The Bertz CT molecular complexity index is 767. The van der Waals surface area contributed by atoms with Crippen LogP contribution in [-0.2, 0) is 16.4 Å². The minimum absolute atomic E-state index is 0.109. The number of nitrogens with one attached hydrogen (secondary N) is 1. The topological polar surface area (TPSA) is 29.1 Å². The molecule has 0 fully saturated rings. The molecule has 0 aliphatic carbocycles. The summed E-state index contributed by atoms with van der Waals surface area (Å²) in [6, 6.07) is 10.7. The van der Waals surface area contributed by atoms with Crippen LogP contribution in [0.4, 0.5) is 24.5 Å². The molecule has 0 radical (unpaired) electrons. The van der Waals surface area contributed by atoms with E-state index in [-0.39, 0.29) is 5.78 Å². The van der Waals surface area contributed by atoms with Gasteiger partial charge in [-0.05, 0) is 43.2 Å². The lowest BCUT2D eigenvalue weighted by atomic mass is 9.70. The highest BCUT2D eigenvalue weighted by Gasteiger charge is 2.42. The molecule has 1 aliphatic heterocycles. The quantitative estimate of drug-likeness (QED) is 0.830. The number of Topliss-reactive ketones (excluding diaryl/α,β-unsaturated/α-hetero) is 1. The van der Waals surface area contributed by atoms with E-state index in [0.29, 0.717) is 16.9 Å². The number of rotatable bonds is 1. The van der Waals surface area contributed by atoms with Gasteiger partial charge in [0.15, 0.2) is 0 Å². The smallest absolute Gasteiger partial charge is 0.355 e. The fraction of sp³-hybridized carbons (Fsp3) is 0.235. The van der Waals surface area contributed by atoms with Gasteiger partial charge in [-0.15, -0.1) is 0 Å². The van der Waals surface area contributed by atoms with Crippen LogP contribution in [0, 0.1) is 0 Å².